The zero-order valence-electron chi connectivity index (χ0n) is 14.8. The van der Waals surface area contributed by atoms with Crippen molar-refractivity contribution in [3.63, 3.8) is 0 Å². The van der Waals surface area contributed by atoms with Crippen molar-refractivity contribution in [2.45, 2.75) is 19.8 Å². The summed E-state index contributed by atoms with van der Waals surface area (Å²) in [5.41, 5.74) is 2.00. The predicted octanol–water partition coefficient (Wildman–Crippen LogP) is 4.42. The van der Waals surface area contributed by atoms with Crippen molar-refractivity contribution in [3.05, 3.63) is 66.0 Å². The van der Waals surface area contributed by atoms with E-state index >= 15 is 0 Å². The van der Waals surface area contributed by atoms with Gasteiger partial charge < -0.3 is 14.8 Å². The van der Waals surface area contributed by atoms with Gasteiger partial charge in [0.1, 0.15) is 5.75 Å². The van der Waals surface area contributed by atoms with E-state index in [1.165, 1.54) is 0 Å². The molecule has 0 aliphatic rings. The van der Waals surface area contributed by atoms with Crippen molar-refractivity contribution >= 4 is 11.6 Å². The van der Waals surface area contributed by atoms with Crippen LogP contribution in [-0.2, 0) is 6.42 Å². The van der Waals surface area contributed by atoms with Crippen LogP contribution >= 0.6 is 0 Å². The van der Waals surface area contributed by atoms with Crippen LogP contribution in [-0.4, -0.2) is 23.2 Å². The fourth-order valence-electron chi connectivity index (χ4n) is 2.51. The molecule has 1 amide bonds. The van der Waals surface area contributed by atoms with E-state index in [2.05, 4.69) is 22.4 Å². The Labute approximate surface area is 152 Å². The first kappa shape index (κ1) is 17.5. The number of para-hydroxylation sites is 2. The number of rotatable bonds is 7. The predicted molar refractivity (Wildman–Crippen MR) is 100 cm³/mol. The third kappa shape index (κ3) is 4.22. The first-order valence-corrected chi connectivity index (χ1v) is 8.46. The van der Waals surface area contributed by atoms with E-state index in [1.807, 2.05) is 24.3 Å². The summed E-state index contributed by atoms with van der Waals surface area (Å²) < 4.78 is 11.1. The lowest BCUT2D eigenvalue weighted by Crippen LogP contribution is -2.12. The molecule has 26 heavy (non-hydrogen) atoms. The molecule has 0 saturated carbocycles. The summed E-state index contributed by atoms with van der Waals surface area (Å²) in [5.74, 6) is 1.69. The lowest BCUT2D eigenvalue weighted by molar-refractivity contribution is 0.102. The number of methoxy groups -OCH3 is 1. The molecule has 0 bridgehead atoms. The van der Waals surface area contributed by atoms with Crippen molar-refractivity contribution < 1.29 is 14.3 Å². The van der Waals surface area contributed by atoms with E-state index in [0.29, 0.717) is 28.6 Å². The number of hydrogen-bond acceptors (Lipinski definition) is 4. The van der Waals surface area contributed by atoms with Gasteiger partial charge in [-0.2, -0.15) is 5.10 Å². The Morgan fingerprint density at radius 2 is 1.85 bits per heavy atom. The summed E-state index contributed by atoms with van der Waals surface area (Å²) in [7, 11) is 1.60. The first-order chi connectivity index (χ1) is 12.7. The smallest absolute Gasteiger partial charge is 0.276 e. The van der Waals surface area contributed by atoms with Crippen molar-refractivity contribution in [2.24, 2.45) is 0 Å². The van der Waals surface area contributed by atoms with Gasteiger partial charge in [-0.1, -0.05) is 25.5 Å². The molecule has 0 saturated heterocycles. The molecule has 3 rings (SSSR count). The van der Waals surface area contributed by atoms with Gasteiger partial charge in [-0.15, -0.1) is 0 Å². The molecule has 0 unspecified atom stereocenters. The van der Waals surface area contributed by atoms with Gasteiger partial charge in [0, 0.05) is 11.4 Å². The number of nitrogens with one attached hydrogen (secondary N) is 2. The molecule has 0 radical (unpaired) electrons. The minimum absolute atomic E-state index is 0.248. The Morgan fingerprint density at radius 3 is 2.54 bits per heavy atom. The number of aromatic nitrogens is 2. The maximum Gasteiger partial charge on any atom is 0.276 e. The number of carbonyl (C=O) groups excluding carboxylic acids is 1. The molecule has 2 aromatic carbocycles. The number of hydrogen-bond donors (Lipinski definition) is 2. The molecule has 3 aromatic rings. The highest BCUT2D eigenvalue weighted by Crippen LogP contribution is 2.31. The molecular weight excluding hydrogens is 330 g/mol. The van der Waals surface area contributed by atoms with Crippen LogP contribution in [0.15, 0.2) is 54.6 Å². The SMILES string of the molecule is CCCc1cc(C(=O)Nc2ccc(Oc3ccccc3OC)cc2)n[nH]1. The van der Waals surface area contributed by atoms with Gasteiger partial charge in [0.25, 0.3) is 5.91 Å². The number of benzene rings is 2. The third-order valence-electron chi connectivity index (χ3n) is 3.79. The zero-order chi connectivity index (χ0) is 18.4. The molecule has 0 aliphatic carbocycles. The topological polar surface area (TPSA) is 76.2 Å². The second kappa shape index (κ2) is 8.20. The Balaban J connectivity index is 1.64. The van der Waals surface area contributed by atoms with Crippen LogP contribution in [0.1, 0.15) is 29.5 Å². The highest BCUT2D eigenvalue weighted by Gasteiger charge is 2.11. The first-order valence-electron chi connectivity index (χ1n) is 8.46. The molecule has 0 fully saturated rings. The lowest BCUT2D eigenvalue weighted by Gasteiger charge is -2.10. The summed E-state index contributed by atoms with van der Waals surface area (Å²) in [6.45, 7) is 2.08. The van der Waals surface area contributed by atoms with Crippen molar-refractivity contribution in [1.82, 2.24) is 10.2 Å². The molecule has 6 nitrogen and oxygen atoms in total. The molecule has 6 heteroatoms. The quantitative estimate of drug-likeness (QED) is 0.661. The van der Waals surface area contributed by atoms with Gasteiger partial charge in [0.2, 0.25) is 0 Å². The van der Waals surface area contributed by atoms with E-state index in [1.54, 1.807) is 37.4 Å². The van der Waals surface area contributed by atoms with E-state index < -0.39 is 0 Å². The summed E-state index contributed by atoms with van der Waals surface area (Å²) in [6, 6.07) is 16.3. The van der Waals surface area contributed by atoms with Crippen LogP contribution in [0.5, 0.6) is 17.2 Å². The largest absolute Gasteiger partial charge is 0.493 e. The van der Waals surface area contributed by atoms with Gasteiger partial charge >= 0.3 is 0 Å². The number of amides is 1. The van der Waals surface area contributed by atoms with Gasteiger partial charge in [-0.25, -0.2) is 0 Å². The number of anilines is 1. The number of ether oxygens (including phenoxy) is 2. The number of nitrogens with zero attached hydrogens (tertiary/aromatic N) is 1. The molecule has 1 heterocycles. The van der Waals surface area contributed by atoms with Gasteiger partial charge in [0.15, 0.2) is 17.2 Å². The molecule has 0 aliphatic heterocycles. The Bertz CT molecular complexity index is 872. The fourth-order valence-corrected chi connectivity index (χ4v) is 2.51. The van der Waals surface area contributed by atoms with Crippen molar-refractivity contribution in [2.75, 3.05) is 12.4 Å². The number of carbonyl (C=O) groups is 1. The van der Waals surface area contributed by atoms with Crippen LogP contribution in [0, 0.1) is 0 Å². The highest BCUT2D eigenvalue weighted by atomic mass is 16.5. The van der Waals surface area contributed by atoms with Crippen LogP contribution in [0.2, 0.25) is 0 Å². The van der Waals surface area contributed by atoms with E-state index in [4.69, 9.17) is 9.47 Å². The van der Waals surface area contributed by atoms with E-state index in [-0.39, 0.29) is 5.91 Å². The van der Waals surface area contributed by atoms with Crippen LogP contribution in [0.25, 0.3) is 0 Å². The second-order valence-corrected chi connectivity index (χ2v) is 5.76. The second-order valence-electron chi connectivity index (χ2n) is 5.76. The minimum Gasteiger partial charge on any atom is -0.493 e. The van der Waals surface area contributed by atoms with Gasteiger partial charge in [-0.3, -0.25) is 9.89 Å². The summed E-state index contributed by atoms with van der Waals surface area (Å²) in [6.07, 6.45) is 1.87. The highest BCUT2D eigenvalue weighted by molar-refractivity contribution is 6.02. The Hall–Kier alpha value is -3.28. The van der Waals surface area contributed by atoms with Crippen molar-refractivity contribution in [3.8, 4) is 17.2 Å². The lowest BCUT2D eigenvalue weighted by atomic mass is 10.2. The van der Waals surface area contributed by atoms with Gasteiger partial charge in [-0.05, 0) is 48.9 Å². The Morgan fingerprint density at radius 1 is 1.12 bits per heavy atom. The Kier molecular flexibility index (Phi) is 5.53. The molecular formula is C20H21N3O3. The monoisotopic (exact) mass is 351 g/mol. The maximum atomic E-state index is 12.2. The average molecular weight is 351 g/mol. The van der Waals surface area contributed by atoms with Crippen molar-refractivity contribution in [1.29, 1.82) is 0 Å². The minimum atomic E-state index is -0.248. The summed E-state index contributed by atoms with van der Waals surface area (Å²) >= 11 is 0. The fraction of sp³-hybridized carbons (Fsp3) is 0.200. The third-order valence-corrected chi connectivity index (χ3v) is 3.79. The molecule has 134 valence electrons. The van der Waals surface area contributed by atoms with Crippen LogP contribution in [0.3, 0.4) is 0 Å². The average Bonchev–Trinajstić information content (AvgIpc) is 3.13. The zero-order valence-corrected chi connectivity index (χ0v) is 14.8. The summed E-state index contributed by atoms with van der Waals surface area (Å²) in [5, 5.41) is 9.75. The molecule has 0 spiro atoms. The standard InChI is InChI=1S/C20H21N3O3/c1-3-6-15-13-17(23-22-15)20(24)21-14-9-11-16(12-10-14)26-19-8-5-4-7-18(19)25-2/h4-5,7-13H,3,6H2,1-2H3,(H,21,24)(H,22,23). The molecule has 0 atom stereocenters. The number of aryl methyl sites for hydroxylation is 1. The summed E-state index contributed by atoms with van der Waals surface area (Å²) in [4.78, 5) is 12.2. The van der Waals surface area contributed by atoms with E-state index in [0.717, 1.165) is 18.5 Å². The van der Waals surface area contributed by atoms with Gasteiger partial charge in [0.05, 0.1) is 7.11 Å². The van der Waals surface area contributed by atoms with Crippen LogP contribution < -0.4 is 14.8 Å². The molecule has 1 aromatic heterocycles. The normalized spacial score (nSPS) is 10.4. The number of H-pyrrole nitrogens is 1. The van der Waals surface area contributed by atoms with Crippen LogP contribution in [0.4, 0.5) is 5.69 Å². The molecule has 2 N–H and O–H groups in total. The maximum absolute atomic E-state index is 12.2. The van der Waals surface area contributed by atoms with E-state index in [9.17, 15) is 4.79 Å². The number of aromatic amines is 1.